The summed E-state index contributed by atoms with van der Waals surface area (Å²) in [5.41, 5.74) is 1.57. The normalized spacial score (nSPS) is 18.2. The molecule has 0 aliphatic carbocycles. The van der Waals surface area contributed by atoms with Crippen molar-refractivity contribution in [2.75, 3.05) is 32.6 Å². The van der Waals surface area contributed by atoms with Crippen molar-refractivity contribution in [1.82, 2.24) is 5.32 Å². The van der Waals surface area contributed by atoms with Crippen molar-refractivity contribution in [3.05, 3.63) is 17.7 Å². The SMILES string of the molecule is COc1ccc(NC(=O)C2CCNC2)c(OC)c1C. The van der Waals surface area contributed by atoms with Crippen molar-refractivity contribution < 1.29 is 14.3 Å². The molecule has 1 atom stereocenters. The van der Waals surface area contributed by atoms with E-state index < -0.39 is 0 Å². The molecule has 104 valence electrons. The van der Waals surface area contributed by atoms with Gasteiger partial charge in [0.15, 0.2) is 0 Å². The van der Waals surface area contributed by atoms with Crippen LogP contribution in [0, 0.1) is 12.8 Å². The van der Waals surface area contributed by atoms with Gasteiger partial charge in [-0.1, -0.05) is 0 Å². The zero-order valence-corrected chi connectivity index (χ0v) is 11.6. The molecule has 0 saturated carbocycles. The Kier molecular flexibility index (Phi) is 4.27. The number of rotatable bonds is 4. The molecule has 1 aliphatic heterocycles. The Bertz CT molecular complexity index is 468. The Morgan fingerprint density at radius 3 is 2.74 bits per heavy atom. The molecular formula is C14H20N2O3. The second kappa shape index (κ2) is 5.93. The molecule has 1 unspecified atom stereocenters. The van der Waals surface area contributed by atoms with E-state index in [1.54, 1.807) is 14.2 Å². The van der Waals surface area contributed by atoms with Crippen LogP contribution < -0.4 is 20.1 Å². The maximum atomic E-state index is 12.1. The predicted octanol–water partition coefficient (Wildman–Crippen LogP) is 1.56. The summed E-state index contributed by atoms with van der Waals surface area (Å²) in [6.45, 7) is 3.55. The van der Waals surface area contributed by atoms with E-state index in [0.29, 0.717) is 11.4 Å². The first-order valence-corrected chi connectivity index (χ1v) is 6.40. The van der Waals surface area contributed by atoms with Crippen LogP contribution in [0.1, 0.15) is 12.0 Å². The van der Waals surface area contributed by atoms with E-state index in [4.69, 9.17) is 9.47 Å². The molecule has 2 rings (SSSR count). The summed E-state index contributed by atoms with van der Waals surface area (Å²) in [5.74, 6) is 1.47. The predicted molar refractivity (Wildman–Crippen MR) is 73.9 cm³/mol. The van der Waals surface area contributed by atoms with Gasteiger partial charge >= 0.3 is 0 Å². The van der Waals surface area contributed by atoms with Gasteiger partial charge in [0, 0.05) is 12.1 Å². The van der Waals surface area contributed by atoms with Gasteiger partial charge in [-0.15, -0.1) is 0 Å². The highest BCUT2D eigenvalue weighted by molar-refractivity contribution is 5.94. The first-order valence-electron chi connectivity index (χ1n) is 6.40. The van der Waals surface area contributed by atoms with E-state index in [2.05, 4.69) is 10.6 Å². The van der Waals surface area contributed by atoms with Gasteiger partial charge in [0.1, 0.15) is 11.5 Å². The highest BCUT2D eigenvalue weighted by Crippen LogP contribution is 2.35. The number of hydrogen-bond donors (Lipinski definition) is 2. The van der Waals surface area contributed by atoms with Crippen LogP contribution in [-0.2, 0) is 4.79 Å². The average Bonchev–Trinajstić information content (AvgIpc) is 2.93. The lowest BCUT2D eigenvalue weighted by molar-refractivity contribution is -0.119. The third-order valence-electron chi connectivity index (χ3n) is 3.47. The number of carbonyl (C=O) groups excluding carboxylic acids is 1. The molecule has 5 nitrogen and oxygen atoms in total. The van der Waals surface area contributed by atoms with Crippen molar-refractivity contribution >= 4 is 11.6 Å². The Hall–Kier alpha value is -1.75. The molecule has 2 N–H and O–H groups in total. The highest BCUT2D eigenvalue weighted by Gasteiger charge is 2.23. The lowest BCUT2D eigenvalue weighted by atomic mass is 10.1. The van der Waals surface area contributed by atoms with Gasteiger partial charge in [-0.2, -0.15) is 0 Å². The summed E-state index contributed by atoms with van der Waals surface area (Å²) in [5, 5.41) is 6.12. The molecule has 1 fully saturated rings. The van der Waals surface area contributed by atoms with Crippen molar-refractivity contribution in [3.63, 3.8) is 0 Å². The minimum Gasteiger partial charge on any atom is -0.496 e. The zero-order valence-electron chi connectivity index (χ0n) is 11.6. The van der Waals surface area contributed by atoms with Gasteiger partial charge in [-0.05, 0) is 32.0 Å². The van der Waals surface area contributed by atoms with Gasteiger partial charge < -0.3 is 20.1 Å². The van der Waals surface area contributed by atoms with Crippen LogP contribution in [0.3, 0.4) is 0 Å². The average molecular weight is 264 g/mol. The van der Waals surface area contributed by atoms with E-state index in [0.717, 1.165) is 30.8 Å². The highest BCUT2D eigenvalue weighted by atomic mass is 16.5. The molecule has 1 amide bonds. The summed E-state index contributed by atoms with van der Waals surface area (Å²) >= 11 is 0. The summed E-state index contributed by atoms with van der Waals surface area (Å²) in [6.07, 6.45) is 0.878. The molecule has 1 saturated heterocycles. The standard InChI is InChI=1S/C14H20N2O3/c1-9-12(18-2)5-4-11(13(9)19-3)16-14(17)10-6-7-15-8-10/h4-5,10,15H,6-8H2,1-3H3,(H,16,17). The summed E-state index contributed by atoms with van der Waals surface area (Å²) in [4.78, 5) is 12.1. The van der Waals surface area contributed by atoms with Gasteiger partial charge in [-0.25, -0.2) is 0 Å². The number of anilines is 1. The Labute approximate surface area is 113 Å². The molecule has 1 aliphatic rings. The smallest absolute Gasteiger partial charge is 0.228 e. The number of amides is 1. The van der Waals surface area contributed by atoms with E-state index in [-0.39, 0.29) is 11.8 Å². The number of ether oxygens (including phenoxy) is 2. The van der Waals surface area contributed by atoms with Crippen LogP contribution >= 0.6 is 0 Å². The Morgan fingerprint density at radius 2 is 2.16 bits per heavy atom. The molecular weight excluding hydrogens is 244 g/mol. The number of carbonyl (C=O) groups is 1. The second-order valence-corrected chi connectivity index (χ2v) is 4.65. The van der Waals surface area contributed by atoms with Crippen LogP contribution in [0.4, 0.5) is 5.69 Å². The molecule has 0 aromatic heterocycles. The minimum absolute atomic E-state index is 0.0344. The second-order valence-electron chi connectivity index (χ2n) is 4.65. The van der Waals surface area contributed by atoms with Crippen LogP contribution in [0.2, 0.25) is 0 Å². The van der Waals surface area contributed by atoms with E-state index >= 15 is 0 Å². The topological polar surface area (TPSA) is 59.6 Å². The minimum atomic E-state index is 0.0344. The number of methoxy groups -OCH3 is 2. The zero-order chi connectivity index (χ0) is 13.8. The fraction of sp³-hybridized carbons (Fsp3) is 0.500. The fourth-order valence-electron chi connectivity index (χ4n) is 2.37. The number of hydrogen-bond acceptors (Lipinski definition) is 4. The molecule has 0 spiro atoms. The van der Waals surface area contributed by atoms with E-state index in [9.17, 15) is 4.79 Å². The van der Waals surface area contributed by atoms with Crippen molar-refractivity contribution in [3.8, 4) is 11.5 Å². The third kappa shape index (κ3) is 2.81. The first kappa shape index (κ1) is 13.7. The lowest BCUT2D eigenvalue weighted by Crippen LogP contribution is -2.24. The monoisotopic (exact) mass is 264 g/mol. The van der Waals surface area contributed by atoms with Crippen LogP contribution in [0.5, 0.6) is 11.5 Å². The van der Waals surface area contributed by atoms with E-state index in [1.165, 1.54) is 0 Å². The first-order chi connectivity index (χ1) is 9.17. The van der Waals surface area contributed by atoms with Crippen molar-refractivity contribution in [2.45, 2.75) is 13.3 Å². The molecule has 1 heterocycles. The van der Waals surface area contributed by atoms with Gasteiger partial charge in [0.25, 0.3) is 0 Å². The van der Waals surface area contributed by atoms with E-state index in [1.807, 2.05) is 19.1 Å². The Morgan fingerprint density at radius 1 is 1.37 bits per heavy atom. The molecule has 19 heavy (non-hydrogen) atoms. The molecule has 1 aromatic rings. The maximum absolute atomic E-state index is 12.1. The Balaban J connectivity index is 2.19. The van der Waals surface area contributed by atoms with Crippen molar-refractivity contribution in [2.24, 2.45) is 5.92 Å². The third-order valence-corrected chi connectivity index (χ3v) is 3.47. The summed E-state index contributed by atoms with van der Waals surface area (Å²) < 4.78 is 10.6. The van der Waals surface area contributed by atoms with Crippen LogP contribution in [-0.4, -0.2) is 33.2 Å². The largest absolute Gasteiger partial charge is 0.496 e. The maximum Gasteiger partial charge on any atom is 0.228 e. The summed E-state index contributed by atoms with van der Waals surface area (Å²) in [7, 11) is 3.21. The number of benzene rings is 1. The van der Waals surface area contributed by atoms with Crippen molar-refractivity contribution in [1.29, 1.82) is 0 Å². The lowest BCUT2D eigenvalue weighted by Gasteiger charge is -2.16. The number of nitrogens with one attached hydrogen (secondary N) is 2. The van der Waals surface area contributed by atoms with Gasteiger partial charge in [-0.3, -0.25) is 4.79 Å². The van der Waals surface area contributed by atoms with Crippen LogP contribution in [0.15, 0.2) is 12.1 Å². The quantitative estimate of drug-likeness (QED) is 0.866. The van der Waals surface area contributed by atoms with Gasteiger partial charge in [0.05, 0.1) is 25.8 Å². The fourth-order valence-corrected chi connectivity index (χ4v) is 2.37. The van der Waals surface area contributed by atoms with Crippen LogP contribution in [0.25, 0.3) is 0 Å². The molecule has 0 bridgehead atoms. The molecule has 0 radical (unpaired) electrons. The van der Waals surface area contributed by atoms with Gasteiger partial charge in [0.2, 0.25) is 5.91 Å². The molecule has 1 aromatic carbocycles. The molecule has 5 heteroatoms. The summed E-state index contributed by atoms with van der Waals surface area (Å²) in [6, 6.07) is 3.64.